The minimum absolute atomic E-state index is 0.172. The van der Waals surface area contributed by atoms with Gasteiger partial charge in [-0.05, 0) is 64.3 Å². The molecule has 34 heavy (non-hydrogen) atoms. The van der Waals surface area contributed by atoms with Gasteiger partial charge in [0.05, 0.1) is 6.61 Å². The van der Waals surface area contributed by atoms with E-state index in [1.807, 2.05) is 44.2 Å². The molecule has 3 amide bonds. The quantitative estimate of drug-likeness (QED) is 0.546. The van der Waals surface area contributed by atoms with Crippen molar-refractivity contribution in [3.05, 3.63) is 65.2 Å². The highest BCUT2D eigenvalue weighted by Crippen LogP contribution is 2.27. The molecule has 0 saturated heterocycles. The highest BCUT2D eigenvalue weighted by atomic mass is 16.6. The molecular formula is C26H35N3O5. The Balaban J connectivity index is 2.41. The number of anilines is 1. The maximum absolute atomic E-state index is 13.6. The molecule has 3 N–H and O–H groups in total. The van der Waals surface area contributed by atoms with Gasteiger partial charge in [-0.2, -0.15) is 0 Å². The molecule has 2 rings (SSSR count). The molecule has 0 radical (unpaired) electrons. The number of nitrogens with zero attached hydrogens (tertiary/aromatic N) is 1. The van der Waals surface area contributed by atoms with Crippen molar-refractivity contribution in [3.63, 3.8) is 0 Å². The Morgan fingerprint density at radius 1 is 1.00 bits per heavy atom. The first-order chi connectivity index (χ1) is 16.0. The van der Waals surface area contributed by atoms with Crippen LogP contribution in [0.15, 0.2) is 48.5 Å². The van der Waals surface area contributed by atoms with Crippen molar-refractivity contribution in [2.45, 2.75) is 59.2 Å². The fourth-order valence-electron chi connectivity index (χ4n) is 3.56. The lowest BCUT2D eigenvalue weighted by atomic mass is 9.98. The molecule has 8 nitrogen and oxygen atoms in total. The lowest BCUT2D eigenvalue weighted by Crippen LogP contribution is -2.53. The average molecular weight is 470 g/mol. The first-order valence-electron chi connectivity index (χ1n) is 11.3. The number of para-hydroxylation sites is 1. The number of benzene rings is 2. The van der Waals surface area contributed by atoms with Crippen molar-refractivity contribution in [2.24, 2.45) is 0 Å². The van der Waals surface area contributed by atoms with Crippen LogP contribution in [0.25, 0.3) is 0 Å². The van der Waals surface area contributed by atoms with Gasteiger partial charge >= 0.3 is 6.09 Å². The first kappa shape index (κ1) is 26.9. The zero-order chi connectivity index (χ0) is 25.5. The topological polar surface area (TPSA) is 108 Å². The summed E-state index contributed by atoms with van der Waals surface area (Å²) in [4.78, 5) is 40.6. The van der Waals surface area contributed by atoms with Crippen LogP contribution in [0.1, 0.15) is 50.4 Å². The van der Waals surface area contributed by atoms with E-state index < -0.39 is 42.2 Å². The third-order valence-corrected chi connectivity index (χ3v) is 5.24. The molecule has 0 heterocycles. The molecule has 0 aromatic heterocycles. The first-order valence-corrected chi connectivity index (χ1v) is 11.3. The SMILES string of the molecule is CCN(C(=O)C(CO)NC(=O)OC(C)(C)C)C(C(=O)Nc1ccccc1C)c1ccccc1C. The molecular weight excluding hydrogens is 434 g/mol. The summed E-state index contributed by atoms with van der Waals surface area (Å²) >= 11 is 0. The summed E-state index contributed by atoms with van der Waals surface area (Å²) < 4.78 is 5.23. The van der Waals surface area contributed by atoms with Gasteiger partial charge in [0.25, 0.3) is 5.91 Å². The number of aliphatic hydroxyl groups excluding tert-OH is 1. The number of alkyl carbamates (subject to hydrolysis) is 1. The maximum atomic E-state index is 13.6. The van der Waals surface area contributed by atoms with Crippen molar-refractivity contribution >= 4 is 23.6 Å². The van der Waals surface area contributed by atoms with E-state index in [-0.39, 0.29) is 6.54 Å². The lowest BCUT2D eigenvalue weighted by Gasteiger charge is -2.34. The number of amides is 3. The summed E-state index contributed by atoms with van der Waals surface area (Å²) in [5.74, 6) is -0.989. The van der Waals surface area contributed by atoms with E-state index in [9.17, 15) is 19.5 Å². The van der Waals surface area contributed by atoms with Crippen LogP contribution in [0.2, 0.25) is 0 Å². The van der Waals surface area contributed by atoms with E-state index in [1.165, 1.54) is 4.90 Å². The van der Waals surface area contributed by atoms with E-state index in [4.69, 9.17) is 4.74 Å². The summed E-state index contributed by atoms with van der Waals surface area (Å²) in [5.41, 5.74) is 2.24. The fraction of sp³-hybridized carbons (Fsp3) is 0.423. The van der Waals surface area contributed by atoms with Gasteiger partial charge < -0.3 is 25.4 Å². The predicted molar refractivity (Wildman–Crippen MR) is 131 cm³/mol. The normalized spacial score (nSPS) is 12.9. The Bertz CT molecular complexity index is 1020. The highest BCUT2D eigenvalue weighted by molar-refractivity contribution is 5.99. The molecule has 0 saturated carbocycles. The van der Waals surface area contributed by atoms with E-state index in [1.54, 1.807) is 45.9 Å². The van der Waals surface area contributed by atoms with Crippen molar-refractivity contribution in [2.75, 3.05) is 18.5 Å². The van der Waals surface area contributed by atoms with E-state index in [2.05, 4.69) is 10.6 Å². The number of likely N-dealkylation sites (N-methyl/N-ethyl adjacent to an activating group) is 1. The standard InChI is InChI=1S/C26H35N3O5/c1-7-29(24(32)21(16-30)28-25(33)34-26(4,5)6)22(19-14-10-8-12-17(19)2)23(31)27-20-15-11-9-13-18(20)3/h8-15,21-22,30H,7,16H2,1-6H3,(H,27,31)(H,28,33). The monoisotopic (exact) mass is 469 g/mol. The van der Waals surface area contributed by atoms with Crippen LogP contribution in [0.4, 0.5) is 10.5 Å². The smallest absolute Gasteiger partial charge is 0.408 e. The predicted octanol–water partition coefficient (Wildman–Crippen LogP) is 3.72. The number of hydrogen-bond acceptors (Lipinski definition) is 5. The number of aryl methyl sites for hydroxylation is 2. The number of nitrogens with one attached hydrogen (secondary N) is 2. The number of carbonyl (C=O) groups excluding carboxylic acids is 3. The molecule has 184 valence electrons. The summed E-state index contributed by atoms with van der Waals surface area (Å²) in [6.07, 6.45) is -0.826. The van der Waals surface area contributed by atoms with Gasteiger partial charge in [-0.15, -0.1) is 0 Å². The number of ether oxygens (including phenoxy) is 1. The van der Waals surface area contributed by atoms with Gasteiger partial charge in [-0.25, -0.2) is 4.79 Å². The van der Waals surface area contributed by atoms with Crippen LogP contribution in [-0.4, -0.2) is 52.7 Å². The van der Waals surface area contributed by atoms with Gasteiger partial charge in [0.2, 0.25) is 5.91 Å². The molecule has 0 aliphatic carbocycles. The third kappa shape index (κ3) is 7.05. The van der Waals surface area contributed by atoms with E-state index in [0.29, 0.717) is 11.3 Å². The van der Waals surface area contributed by atoms with Gasteiger partial charge in [-0.3, -0.25) is 9.59 Å². The van der Waals surface area contributed by atoms with Gasteiger partial charge in [0.15, 0.2) is 0 Å². The number of carbonyl (C=O) groups is 3. The Labute approximate surface area is 201 Å². The van der Waals surface area contributed by atoms with Crippen LogP contribution in [0.3, 0.4) is 0 Å². The van der Waals surface area contributed by atoms with Crippen molar-refractivity contribution < 1.29 is 24.2 Å². The third-order valence-electron chi connectivity index (χ3n) is 5.24. The van der Waals surface area contributed by atoms with Gasteiger partial charge in [-0.1, -0.05) is 42.5 Å². The molecule has 2 atom stereocenters. The zero-order valence-corrected chi connectivity index (χ0v) is 20.7. The van der Waals surface area contributed by atoms with Crippen LogP contribution >= 0.6 is 0 Å². The molecule has 8 heteroatoms. The Morgan fingerprint density at radius 3 is 2.12 bits per heavy atom. The molecule has 0 aliphatic heterocycles. The number of aliphatic hydroxyl groups is 1. The minimum atomic E-state index is -1.27. The van der Waals surface area contributed by atoms with Crippen LogP contribution in [-0.2, 0) is 14.3 Å². The Kier molecular flexibility index (Phi) is 9.20. The van der Waals surface area contributed by atoms with Crippen LogP contribution in [0.5, 0.6) is 0 Å². The average Bonchev–Trinajstić information content (AvgIpc) is 2.76. The van der Waals surface area contributed by atoms with Crippen molar-refractivity contribution in [1.82, 2.24) is 10.2 Å². The summed E-state index contributed by atoms with van der Waals surface area (Å²) in [5, 5.41) is 15.2. The van der Waals surface area contributed by atoms with Crippen molar-refractivity contribution in [1.29, 1.82) is 0 Å². The maximum Gasteiger partial charge on any atom is 0.408 e. The molecule has 2 aromatic rings. The zero-order valence-electron chi connectivity index (χ0n) is 20.7. The minimum Gasteiger partial charge on any atom is -0.444 e. The second-order valence-corrected chi connectivity index (χ2v) is 9.07. The molecule has 0 fully saturated rings. The summed E-state index contributed by atoms with van der Waals surface area (Å²) in [7, 11) is 0. The summed E-state index contributed by atoms with van der Waals surface area (Å²) in [6, 6.07) is 12.4. The van der Waals surface area contributed by atoms with E-state index in [0.717, 1.165) is 11.1 Å². The second-order valence-electron chi connectivity index (χ2n) is 9.07. The molecule has 0 spiro atoms. The highest BCUT2D eigenvalue weighted by Gasteiger charge is 2.36. The molecule has 0 bridgehead atoms. The molecule has 2 unspecified atom stereocenters. The molecule has 0 aliphatic rings. The number of rotatable bonds is 8. The Hall–Kier alpha value is -3.39. The summed E-state index contributed by atoms with van der Waals surface area (Å²) in [6.45, 7) is 10.1. The van der Waals surface area contributed by atoms with Gasteiger partial charge in [0.1, 0.15) is 17.7 Å². The van der Waals surface area contributed by atoms with E-state index >= 15 is 0 Å². The largest absolute Gasteiger partial charge is 0.444 e. The van der Waals surface area contributed by atoms with Crippen LogP contribution < -0.4 is 10.6 Å². The van der Waals surface area contributed by atoms with Crippen LogP contribution in [0, 0.1) is 13.8 Å². The second kappa shape index (κ2) is 11.7. The number of hydrogen-bond donors (Lipinski definition) is 3. The van der Waals surface area contributed by atoms with Crippen molar-refractivity contribution in [3.8, 4) is 0 Å². The lowest BCUT2D eigenvalue weighted by molar-refractivity contribution is -0.141. The fourth-order valence-corrected chi connectivity index (χ4v) is 3.56. The van der Waals surface area contributed by atoms with Gasteiger partial charge in [0, 0.05) is 12.2 Å². The Morgan fingerprint density at radius 2 is 1.59 bits per heavy atom. The molecule has 2 aromatic carbocycles.